The molecule has 0 aliphatic carbocycles. The van der Waals surface area contributed by atoms with Crippen molar-refractivity contribution >= 4 is 34.8 Å². The largest absolute Gasteiger partial charge is 0.317 e. The predicted molar refractivity (Wildman–Crippen MR) is 116 cm³/mol. The van der Waals surface area contributed by atoms with Crippen LogP contribution in [-0.2, 0) is 0 Å². The highest BCUT2D eigenvalue weighted by molar-refractivity contribution is 6.31. The van der Waals surface area contributed by atoms with Crippen LogP contribution in [0.15, 0.2) is 66.7 Å². The molecule has 0 saturated carbocycles. The highest BCUT2D eigenvalue weighted by Gasteiger charge is 2.20. The highest BCUT2D eigenvalue weighted by atomic mass is 35.5. The average molecular weight is 441 g/mol. The zero-order chi connectivity index (χ0) is 21.3. The minimum absolute atomic E-state index is 0.0465. The molecule has 8 heteroatoms. The summed E-state index contributed by atoms with van der Waals surface area (Å²) in [5, 5.41) is 7.98. The summed E-state index contributed by atoms with van der Waals surface area (Å²) < 4.78 is 15.4. The van der Waals surface area contributed by atoms with Crippen molar-refractivity contribution in [3.05, 3.63) is 94.0 Å². The van der Waals surface area contributed by atoms with E-state index in [1.54, 1.807) is 36.4 Å². The van der Waals surface area contributed by atoms with Crippen LogP contribution in [-0.4, -0.2) is 20.7 Å². The third-order valence-electron chi connectivity index (χ3n) is 4.43. The zero-order valence-corrected chi connectivity index (χ0v) is 17.2. The lowest BCUT2D eigenvalue weighted by Gasteiger charge is -2.07. The molecule has 1 amide bonds. The van der Waals surface area contributed by atoms with Gasteiger partial charge < -0.3 is 5.32 Å². The van der Waals surface area contributed by atoms with Crippen molar-refractivity contribution in [1.82, 2.24) is 14.8 Å². The van der Waals surface area contributed by atoms with Crippen LogP contribution in [0.1, 0.15) is 16.2 Å². The van der Waals surface area contributed by atoms with E-state index in [9.17, 15) is 9.18 Å². The summed E-state index contributed by atoms with van der Waals surface area (Å²) in [6.45, 7) is 1.89. The lowest BCUT2D eigenvalue weighted by molar-refractivity contribution is 0.101. The molecule has 0 aliphatic heterocycles. The first-order valence-electron chi connectivity index (χ1n) is 8.98. The Bertz CT molecular complexity index is 1240. The number of nitrogens with one attached hydrogen (secondary N) is 1. The Morgan fingerprint density at radius 2 is 1.77 bits per heavy atom. The fourth-order valence-electron chi connectivity index (χ4n) is 2.83. The molecular weight excluding hydrogens is 426 g/mol. The Balaban J connectivity index is 1.79. The Labute approximate surface area is 182 Å². The molecule has 1 N–H and O–H groups in total. The fraction of sp³-hybridized carbons (Fsp3) is 0.0455. The zero-order valence-electron chi connectivity index (χ0n) is 15.7. The van der Waals surface area contributed by atoms with Gasteiger partial charge in [0.25, 0.3) is 5.91 Å². The molecule has 0 aliphatic rings. The van der Waals surface area contributed by atoms with Crippen LogP contribution in [0.4, 0.5) is 10.1 Å². The van der Waals surface area contributed by atoms with Crippen molar-refractivity contribution in [2.24, 2.45) is 0 Å². The van der Waals surface area contributed by atoms with Crippen LogP contribution in [0.5, 0.6) is 0 Å². The summed E-state index contributed by atoms with van der Waals surface area (Å²) in [4.78, 5) is 17.1. The minimum atomic E-state index is -0.632. The molecule has 3 aromatic carbocycles. The Kier molecular flexibility index (Phi) is 5.53. The lowest BCUT2D eigenvalue weighted by atomic mass is 10.2. The molecule has 0 radical (unpaired) electrons. The third kappa shape index (κ3) is 4.06. The molecule has 4 aromatic rings. The number of carbonyl (C=O) groups excluding carboxylic acids is 1. The van der Waals surface area contributed by atoms with Gasteiger partial charge in [0.05, 0.1) is 11.4 Å². The molecule has 30 heavy (non-hydrogen) atoms. The Morgan fingerprint density at radius 3 is 2.47 bits per heavy atom. The number of amides is 1. The van der Waals surface area contributed by atoms with Gasteiger partial charge in [-0.2, -0.15) is 0 Å². The molecule has 1 aromatic heterocycles. The van der Waals surface area contributed by atoms with Gasteiger partial charge in [-0.3, -0.25) is 4.79 Å². The second-order valence-electron chi connectivity index (χ2n) is 6.55. The van der Waals surface area contributed by atoms with Crippen molar-refractivity contribution < 1.29 is 9.18 Å². The number of rotatable bonds is 4. The summed E-state index contributed by atoms with van der Waals surface area (Å²) >= 11 is 12.3. The number of benzene rings is 3. The summed E-state index contributed by atoms with van der Waals surface area (Å²) in [5.74, 6) is -0.869. The molecule has 0 unspecified atom stereocenters. The molecule has 4 rings (SSSR count). The number of carbonyl (C=O) groups is 1. The van der Waals surface area contributed by atoms with E-state index in [-0.39, 0.29) is 11.5 Å². The van der Waals surface area contributed by atoms with Crippen molar-refractivity contribution in [3.63, 3.8) is 0 Å². The van der Waals surface area contributed by atoms with Crippen LogP contribution in [0.3, 0.4) is 0 Å². The standard InChI is InChI=1S/C22H15Cl2FN4O/c1-13-6-11-16(12-17(13)24)29-21(14-7-9-15(23)10-8-14)27-20(28-29)22(30)26-19-5-3-2-4-18(19)25/h2-12H,1H3,(H,26,30). The van der Waals surface area contributed by atoms with Crippen molar-refractivity contribution in [3.8, 4) is 17.1 Å². The van der Waals surface area contributed by atoms with E-state index in [1.165, 1.54) is 22.9 Å². The van der Waals surface area contributed by atoms with Crippen molar-refractivity contribution in [1.29, 1.82) is 0 Å². The van der Waals surface area contributed by atoms with Gasteiger partial charge in [0, 0.05) is 15.6 Å². The normalized spacial score (nSPS) is 10.8. The predicted octanol–water partition coefficient (Wildman–Crippen LogP) is 5.94. The third-order valence-corrected chi connectivity index (χ3v) is 5.09. The number of hydrogen-bond donors (Lipinski definition) is 1. The van der Waals surface area contributed by atoms with Gasteiger partial charge in [-0.05, 0) is 61.0 Å². The maximum Gasteiger partial charge on any atom is 0.295 e. The number of nitrogens with zero attached hydrogens (tertiary/aromatic N) is 3. The SMILES string of the molecule is Cc1ccc(-n2nc(C(=O)Nc3ccccc3F)nc2-c2ccc(Cl)cc2)cc1Cl. The first-order chi connectivity index (χ1) is 14.4. The second kappa shape index (κ2) is 8.26. The summed E-state index contributed by atoms with van der Waals surface area (Å²) in [5.41, 5.74) is 2.29. The fourth-order valence-corrected chi connectivity index (χ4v) is 3.13. The number of hydrogen-bond acceptors (Lipinski definition) is 3. The number of aromatic nitrogens is 3. The van der Waals surface area contributed by atoms with E-state index in [0.29, 0.717) is 27.1 Å². The maximum absolute atomic E-state index is 13.9. The number of anilines is 1. The van der Waals surface area contributed by atoms with Gasteiger partial charge in [-0.1, -0.05) is 41.4 Å². The van der Waals surface area contributed by atoms with Gasteiger partial charge in [-0.15, -0.1) is 5.10 Å². The number of halogens is 3. The van der Waals surface area contributed by atoms with E-state index in [2.05, 4.69) is 15.4 Å². The molecule has 5 nitrogen and oxygen atoms in total. The Morgan fingerprint density at radius 1 is 1.03 bits per heavy atom. The van der Waals surface area contributed by atoms with Gasteiger partial charge in [0.2, 0.25) is 5.82 Å². The van der Waals surface area contributed by atoms with E-state index >= 15 is 0 Å². The highest BCUT2D eigenvalue weighted by Crippen LogP contribution is 2.26. The van der Waals surface area contributed by atoms with E-state index < -0.39 is 11.7 Å². The number of aryl methyl sites for hydroxylation is 1. The van der Waals surface area contributed by atoms with Crippen LogP contribution < -0.4 is 5.32 Å². The van der Waals surface area contributed by atoms with Crippen LogP contribution >= 0.6 is 23.2 Å². The Hall–Kier alpha value is -3.22. The number of para-hydroxylation sites is 1. The molecule has 1 heterocycles. The topological polar surface area (TPSA) is 59.8 Å². The monoisotopic (exact) mass is 440 g/mol. The van der Waals surface area contributed by atoms with Crippen LogP contribution in [0.25, 0.3) is 17.1 Å². The van der Waals surface area contributed by atoms with Gasteiger partial charge in [0.15, 0.2) is 5.82 Å². The molecule has 0 fully saturated rings. The quantitative estimate of drug-likeness (QED) is 0.426. The molecule has 0 spiro atoms. The summed E-state index contributed by atoms with van der Waals surface area (Å²) in [6.07, 6.45) is 0. The van der Waals surface area contributed by atoms with Gasteiger partial charge in [-0.25, -0.2) is 14.1 Å². The smallest absolute Gasteiger partial charge is 0.295 e. The molecule has 0 bridgehead atoms. The van der Waals surface area contributed by atoms with E-state index in [4.69, 9.17) is 23.2 Å². The molecular formula is C22H15Cl2FN4O. The van der Waals surface area contributed by atoms with E-state index in [0.717, 1.165) is 5.56 Å². The minimum Gasteiger partial charge on any atom is -0.317 e. The summed E-state index contributed by atoms with van der Waals surface area (Å²) in [6, 6.07) is 18.3. The van der Waals surface area contributed by atoms with Gasteiger partial charge >= 0.3 is 0 Å². The van der Waals surface area contributed by atoms with Crippen LogP contribution in [0.2, 0.25) is 10.0 Å². The van der Waals surface area contributed by atoms with Crippen molar-refractivity contribution in [2.75, 3.05) is 5.32 Å². The lowest BCUT2D eigenvalue weighted by Crippen LogP contribution is -2.15. The molecule has 150 valence electrons. The van der Waals surface area contributed by atoms with Crippen molar-refractivity contribution in [2.45, 2.75) is 6.92 Å². The van der Waals surface area contributed by atoms with Gasteiger partial charge in [0.1, 0.15) is 5.82 Å². The summed E-state index contributed by atoms with van der Waals surface area (Å²) in [7, 11) is 0. The molecule has 0 saturated heterocycles. The second-order valence-corrected chi connectivity index (χ2v) is 7.39. The first kappa shape index (κ1) is 20.1. The molecule has 0 atom stereocenters. The van der Waals surface area contributed by atoms with E-state index in [1.807, 2.05) is 19.1 Å². The first-order valence-corrected chi connectivity index (χ1v) is 9.73. The maximum atomic E-state index is 13.9. The van der Waals surface area contributed by atoms with Crippen LogP contribution in [0, 0.1) is 12.7 Å². The average Bonchev–Trinajstić information content (AvgIpc) is 3.18.